The van der Waals surface area contributed by atoms with Crippen LogP contribution in [0.25, 0.3) is 28.1 Å². The minimum absolute atomic E-state index is 0. The van der Waals surface area contributed by atoms with Gasteiger partial charge in [0, 0.05) is 17.7 Å². The molecule has 0 radical (unpaired) electrons. The fourth-order valence-corrected chi connectivity index (χ4v) is 4.05. The molecule has 6 rings (SSSR count). The molecule has 0 fully saturated rings. The Morgan fingerprint density at radius 2 is 1.71 bits per heavy atom. The van der Waals surface area contributed by atoms with Crippen molar-refractivity contribution in [2.75, 3.05) is 13.1 Å². The normalized spacial score (nSPS) is 13.2. The molecule has 0 atom stereocenters. The highest BCUT2D eigenvalue weighted by molar-refractivity contribution is 6.02. The number of imidazole rings is 1. The third-order valence-electron chi connectivity index (χ3n) is 5.94. The SMILES string of the molecule is Cl.FC(F)(F)c1ccc(-n2cc(COc3ccc(-c4nc5ccc(C6=NCCN6)cc5[nH]4)cc3)nn2)cc1. The maximum Gasteiger partial charge on any atom is 0.416 e. The smallest absolute Gasteiger partial charge is 0.416 e. The molecule has 8 nitrogen and oxygen atoms in total. The molecule has 3 aromatic carbocycles. The summed E-state index contributed by atoms with van der Waals surface area (Å²) in [4.78, 5) is 12.5. The monoisotopic (exact) mass is 539 g/mol. The standard InChI is InChI=1S/C26H20F3N7O.ClH/c27-26(28,29)18-4-6-20(7-5-18)36-14-19(34-35-36)15-37-21-8-1-16(2-9-21)25-32-22-10-3-17(13-23(22)33-25)24-30-11-12-31-24;/h1-10,13-14H,11-12,15H2,(H,30,31)(H,32,33);1H. The summed E-state index contributed by atoms with van der Waals surface area (Å²) in [6.45, 7) is 1.80. The van der Waals surface area contributed by atoms with Crippen molar-refractivity contribution in [2.24, 2.45) is 4.99 Å². The number of alkyl halides is 3. The van der Waals surface area contributed by atoms with Crippen molar-refractivity contribution >= 4 is 29.3 Å². The molecule has 0 spiro atoms. The third-order valence-corrected chi connectivity index (χ3v) is 5.94. The van der Waals surface area contributed by atoms with E-state index in [0.29, 0.717) is 17.1 Å². The van der Waals surface area contributed by atoms with Crippen molar-refractivity contribution < 1.29 is 17.9 Å². The predicted octanol–water partition coefficient (Wildman–Crippen LogP) is 5.18. The number of fused-ring (bicyclic) bond motifs is 1. The third kappa shape index (κ3) is 5.18. The lowest BCUT2D eigenvalue weighted by Gasteiger charge is -2.07. The van der Waals surface area contributed by atoms with E-state index in [-0.39, 0.29) is 19.0 Å². The summed E-state index contributed by atoms with van der Waals surface area (Å²) in [6.07, 6.45) is -2.77. The van der Waals surface area contributed by atoms with E-state index in [1.807, 2.05) is 42.5 Å². The topological polar surface area (TPSA) is 93.0 Å². The fourth-order valence-electron chi connectivity index (χ4n) is 4.05. The average Bonchev–Trinajstić information content (AvgIpc) is 3.68. The molecule has 0 amide bonds. The lowest BCUT2D eigenvalue weighted by molar-refractivity contribution is -0.137. The van der Waals surface area contributed by atoms with Gasteiger partial charge < -0.3 is 15.0 Å². The van der Waals surface area contributed by atoms with E-state index in [9.17, 15) is 13.2 Å². The molecule has 0 bridgehead atoms. The summed E-state index contributed by atoms with van der Waals surface area (Å²) in [6, 6.07) is 18.2. The molecule has 2 N–H and O–H groups in total. The summed E-state index contributed by atoms with van der Waals surface area (Å²) in [5.74, 6) is 2.29. The van der Waals surface area contributed by atoms with E-state index < -0.39 is 11.7 Å². The molecule has 2 aromatic heterocycles. The number of H-pyrrole nitrogens is 1. The van der Waals surface area contributed by atoms with E-state index >= 15 is 0 Å². The van der Waals surface area contributed by atoms with Crippen LogP contribution in [0.15, 0.2) is 77.9 Å². The van der Waals surface area contributed by atoms with E-state index in [4.69, 9.17) is 4.74 Å². The molecule has 0 saturated carbocycles. The summed E-state index contributed by atoms with van der Waals surface area (Å²) < 4.78 is 45.5. The second-order valence-electron chi connectivity index (χ2n) is 8.49. The Bertz CT molecular complexity index is 1590. The van der Waals surface area contributed by atoms with Crippen molar-refractivity contribution in [3.05, 3.63) is 89.7 Å². The Kier molecular flexibility index (Phi) is 6.77. The first-order chi connectivity index (χ1) is 17.9. The van der Waals surface area contributed by atoms with Gasteiger partial charge in [-0.05, 0) is 66.7 Å². The molecule has 38 heavy (non-hydrogen) atoms. The summed E-state index contributed by atoms with van der Waals surface area (Å²) >= 11 is 0. The van der Waals surface area contributed by atoms with Gasteiger partial charge in [-0.15, -0.1) is 17.5 Å². The molecule has 0 unspecified atom stereocenters. The number of hydrogen-bond acceptors (Lipinski definition) is 6. The van der Waals surface area contributed by atoms with Crippen LogP contribution in [-0.4, -0.2) is 43.9 Å². The number of aromatic nitrogens is 5. The van der Waals surface area contributed by atoms with E-state index in [1.165, 1.54) is 16.8 Å². The molecular weight excluding hydrogens is 519 g/mol. The zero-order valence-corrected chi connectivity index (χ0v) is 20.6. The molecule has 0 saturated heterocycles. The van der Waals surface area contributed by atoms with E-state index in [2.05, 4.69) is 30.6 Å². The molecule has 194 valence electrons. The van der Waals surface area contributed by atoms with Gasteiger partial charge in [0.05, 0.1) is 35.0 Å². The van der Waals surface area contributed by atoms with Crippen LogP contribution in [0.4, 0.5) is 13.2 Å². The fraction of sp³-hybridized carbons (Fsp3) is 0.154. The van der Waals surface area contributed by atoms with Gasteiger partial charge in [-0.2, -0.15) is 13.2 Å². The highest BCUT2D eigenvalue weighted by Gasteiger charge is 2.30. The summed E-state index contributed by atoms with van der Waals surface area (Å²) in [5, 5.41) is 11.3. The highest BCUT2D eigenvalue weighted by Crippen LogP contribution is 2.29. The zero-order valence-electron chi connectivity index (χ0n) is 19.7. The lowest BCUT2D eigenvalue weighted by Crippen LogP contribution is -2.19. The largest absolute Gasteiger partial charge is 0.487 e. The Labute approximate surface area is 221 Å². The van der Waals surface area contributed by atoms with Gasteiger partial charge >= 0.3 is 6.18 Å². The van der Waals surface area contributed by atoms with Crippen LogP contribution in [0.5, 0.6) is 5.75 Å². The van der Waals surface area contributed by atoms with Crippen molar-refractivity contribution in [3.63, 3.8) is 0 Å². The van der Waals surface area contributed by atoms with Crippen LogP contribution in [0, 0.1) is 0 Å². The lowest BCUT2D eigenvalue weighted by atomic mass is 10.2. The average molecular weight is 540 g/mol. The second-order valence-corrected chi connectivity index (χ2v) is 8.49. The van der Waals surface area contributed by atoms with Crippen molar-refractivity contribution in [3.8, 4) is 22.8 Å². The Balaban J connectivity index is 0.00000294. The van der Waals surface area contributed by atoms with Gasteiger partial charge in [-0.3, -0.25) is 4.99 Å². The Morgan fingerprint density at radius 1 is 0.947 bits per heavy atom. The number of aromatic amines is 1. The van der Waals surface area contributed by atoms with Crippen molar-refractivity contribution in [2.45, 2.75) is 12.8 Å². The number of amidine groups is 1. The molecule has 5 aromatic rings. The van der Waals surface area contributed by atoms with E-state index in [0.717, 1.165) is 59.0 Å². The summed E-state index contributed by atoms with van der Waals surface area (Å²) in [5.41, 5.74) is 4.04. The number of nitrogens with zero attached hydrogens (tertiary/aromatic N) is 5. The van der Waals surface area contributed by atoms with E-state index in [1.54, 1.807) is 6.20 Å². The minimum atomic E-state index is -4.38. The van der Waals surface area contributed by atoms with Gasteiger partial charge in [0.2, 0.25) is 0 Å². The van der Waals surface area contributed by atoms with Crippen LogP contribution in [0.1, 0.15) is 16.8 Å². The number of halogens is 4. The van der Waals surface area contributed by atoms with Gasteiger partial charge in [-0.1, -0.05) is 5.21 Å². The number of hydrogen-bond donors (Lipinski definition) is 2. The second kappa shape index (κ2) is 10.2. The molecule has 0 aliphatic carbocycles. The van der Waals surface area contributed by atoms with Gasteiger partial charge in [0.1, 0.15) is 29.7 Å². The maximum atomic E-state index is 12.8. The number of nitrogens with one attached hydrogen (secondary N) is 2. The van der Waals surface area contributed by atoms with Gasteiger partial charge in [0.15, 0.2) is 0 Å². The molecule has 12 heteroatoms. The van der Waals surface area contributed by atoms with Crippen molar-refractivity contribution in [1.29, 1.82) is 0 Å². The summed E-state index contributed by atoms with van der Waals surface area (Å²) in [7, 11) is 0. The van der Waals surface area contributed by atoms with Crippen LogP contribution < -0.4 is 10.1 Å². The van der Waals surface area contributed by atoms with Gasteiger partial charge in [0.25, 0.3) is 0 Å². The van der Waals surface area contributed by atoms with Crippen LogP contribution in [0.2, 0.25) is 0 Å². The van der Waals surface area contributed by atoms with Gasteiger partial charge in [-0.25, -0.2) is 9.67 Å². The quantitative estimate of drug-likeness (QED) is 0.310. The highest BCUT2D eigenvalue weighted by atomic mass is 35.5. The Hall–Kier alpha value is -4.38. The number of aliphatic imine (C=N–C) groups is 1. The first-order valence-corrected chi connectivity index (χ1v) is 11.5. The number of ether oxygens (including phenoxy) is 1. The van der Waals surface area contributed by atoms with Crippen LogP contribution >= 0.6 is 12.4 Å². The molecule has 3 heterocycles. The van der Waals surface area contributed by atoms with Crippen LogP contribution in [-0.2, 0) is 12.8 Å². The van der Waals surface area contributed by atoms with Crippen molar-refractivity contribution in [1.82, 2.24) is 30.3 Å². The zero-order chi connectivity index (χ0) is 25.4. The predicted molar refractivity (Wildman–Crippen MR) is 139 cm³/mol. The molecule has 1 aliphatic heterocycles. The number of benzene rings is 3. The first-order valence-electron chi connectivity index (χ1n) is 11.5. The number of rotatable bonds is 6. The minimum Gasteiger partial charge on any atom is -0.487 e. The first kappa shape index (κ1) is 25.3. The molecule has 1 aliphatic rings. The van der Waals surface area contributed by atoms with Crippen LogP contribution in [0.3, 0.4) is 0 Å². The molecular formula is C26H21ClF3N7O. The maximum absolute atomic E-state index is 12.8. The Morgan fingerprint density at radius 3 is 2.42 bits per heavy atom.